The van der Waals surface area contributed by atoms with Gasteiger partial charge < -0.3 is 19.4 Å². The molecule has 1 aromatic carbocycles. The largest absolute Gasteiger partial charge is 0.495 e. The van der Waals surface area contributed by atoms with Gasteiger partial charge in [-0.1, -0.05) is 12.1 Å². The normalized spacial score (nSPS) is 23.7. The smallest absolute Gasteiger partial charge is 0.327 e. The van der Waals surface area contributed by atoms with Crippen molar-refractivity contribution in [2.24, 2.45) is 0 Å². The van der Waals surface area contributed by atoms with Crippen LogP contribution in [0.5, 0.6) is 5.75 Å². The van der Waals surface area contributed by atoms with E-state index in [9.17, 15) is 9.59 Å². The molecule has 0 bridgehead atoms. The van der Waals surface area contributed by atoms with Gasteiger partial charge in [-0.05, 0) is 31.4 Å². The van der Waals surface area contributed by atoms with Crippen molar-refractivity contribution in [3.8, 4) is 5.75 Å². The lowest BCUT2D eigenvalue weighted by molar-refractivity contribution is -0.899. The highest BCUT2D eigenvalue weighted by molar-refractivity contribution is 6.04. The third-order valence-corrected chi connectivity index (χ3v) is 6.12. The van der Waals surface area contributed by atoms with Gasteiger partial charge in [-0.3, -0.25) is 9.69 Å². The minimum Gasteiger partial charge on any atom is -0.495 e. The first-order valence-corrected chi connectivity index (χ1v) is 10.0. The summed E-state index contributed by atoms with van der Waals surface area (Å²) >= 11 is 0. The van der Waals surface area contributed by atoms with E-state index < -0.39 is 0 Å². The number of imide groups is 1. The molecule has 0 aliphatic carbocycles. The van der Waals surface area contributed by atoms with E-state index in [4.69, 9.17) is 4.74 Å². The molecule has 4 rings (SSSR count). The van der Waals surface area contributed by atoms with Crippen molar-refractivity contribution in [1.29, 1.82) is 0 Å². The Bertz CT molecular complexity index is 678. The predicted octanol–water partition coefficient (Wildman–Crippen LogP) is 0.217. The zero-order valence-corrected chi connectivity index (χ0v) is 16.0. The van der Waals surface area contributed by atoms with Crippen molar-refractivity contribution in [2.75, 3.05) is 57.8 Å². The molecule has 0 unspecified atom stereocenters. The van der Waals surface area contributed by atoms with Gasteiger partial charge in [0, 0.05) is 6.54 Å². The fourth-order valence-corrected chi connectivity index (χ4v) is 4.53. The van der Waals surface area contributed by atoms with E-state index >= 15 is 0 Å². The molecule has 3 heterocycles. The van der Waals surface area contributed by atoms with Crippen LogP contribution in [-0.2, 0) is 4.79 Å². The summed E-state index contributed by atoms with van der Waals surface area (Å²) in [7, 11) is 1.71. The number of para-hydroxylation sites is 2. The highest BCUT2D eigenvalue weighted by Gasteiger charge is 2.45. The van der Waals surface area contributed by atoms with Crippen LogP contribution in [-0.4, -0.2) is 80.7 Å². The number of amides is 3. The lowest BCUT2D eigenvalue weighted by atomic mass is 10.0. The Morgan fingerprint density at radius 2 is 1.89 bits per heavy atom. The number of rotatable bonds is 5. The molecule has 0 saturated carbocycles. The van der Waals surface area contributed by atoms with Crippen molar-refractivity contribution in [2.45, 2.75) is 25.3 Å². The van der Waals surface area contributed by atoms with Gasteiger partial charge in [0.15, 0.2) is 0 Å². The van der Waals surface area contributed by atoms with Crippen molar-refractivity contribution in [3.63, 3.8) is 0 Å². The maximum absolute atomic E-state index is 12.6. The van der Waals surface area contributed by atoms with Crippen LogP contribution in [0.3, 0.4) is 0 Å². The number of piperidine rings is 1. The van der Waals surface area contributed by atoms with Gasteiger partial charge >= 0.3 is 6.03 Å². The molecule has 1 N–H and O–H groups in total. The number of quaternary nitrogens is 1. The molecule has 146 valence electrons. The first kappa shape index (κ1) is 18.1. The highest BCUT2D eigenvalue weighted by Crippen LogP contribution is 2.28. The Labute approximate surface area is 160 Å². The van der Waals surface area contributed by atoms with Crippen LogP contribution < -0.4 is 14.5 Å². The van der Waals surface area contributed by atoms with Crippen LogP contribution >= 0.6 is 0 Å². The van der Waals surface area contributed by atoms with Crippen molar-refractivity contribution in [3.05, 3.63) is 24.3 Å². The summed E-state index contributed by atoms with van der Waals surface area (Å²) in [6.45, 7) is 6.00. The van der Waals surface area contributed by atoms with Gasteiger partial charge in [-0.15, -0.1) is 0 Å². The average Bonchev–Trinajstić information content (AvgIpc) is 2.97. The van der Waals surface area contributed by atoms with Gasteiger partial charge in [0.2, 0.25) is 0 Å². The third-order valence-electron chi connectivity index (χ3n) is 6.12. The molecule has 7 heteroatoms. The summed E-state index contributed by atoms with van der Waals surface area (Å²) in [5, 5.41) is 0. The number of anilines is 1. The highest BCUT2D eigenvalue weighted by atomic mass is 16.5. The average molecular weight is 373 g/mol. The van der Waals surface area contributed by atoms with Gasteiger partial charge in [-0.25, -0.2) is 4.79 Å². The van der Waals surface area contributed by atoms with Gasteiger partial charge in [-0.2, -0.15) is 0 Å². The van der Waals surface area contributed by atoms with E-state index in [1.807, 2.05) is 18.2 Å². The standard InChI is InChI=1S/C20H28N4O3/c1-27-18-8-3-2-6-16(18)22-13-10-21(11-14-22)12-15-24-19(25)17-7-4-5-9-23(17)20(24)26/h2-3,6,8,17H,4-5,7,9-15H2,1H3/p+1/t17-/m1/s1. The first-order chi connectivity index (χ1) is 13.2. The van der Waals surface area contributed by atoms with Crippen LogP contribution in [0.4, 0.5) is 10.5 Å². The second-order valence-electron chi connectivity index (χ2n) is 7.64. The Morgan fingerprint density at radius 3 is 2.63 bits per heavy atom. The third kappa shape index (κ3) is 3.48. The molecule has 3 aliphatic heterocycles. The second kappa shape index (κ2) is 7.76. The molecule has 0 radical (unpaired) electrons. The number of methoxy groups -OCH3 is 1. The molecule has 3 aliphatic rings. The molecule has 7 nitrogen and oxygen atoms in total. The quantitative estimate of drug-likeness (QED) is 0.750. The fourth-order valence-electron chi connectivity index (χ4n) is 4.53. The number of urea groups is 1. The second-order valence-corrected chi connectivity index (χ2v) is 7.64. The van der Waals surface area contributed by atoms with Gasteiger partial charge in [0.05, 0.1) is 52.1 Å². The number of hydrogen-bond acceptors (Lipinski definition) is 4. The zero-order valence-electron chi connectivity index (χ0n) is 16.0. The van der Waals surface area contributed by atoms with Crippen molar-refractivity contribution >= 4 is 17.6 Å². The summed E-state index contributed by atoms with van der Waals surface area (Å²) in [6.07, 6.45) is 2.88. The minimum absolute atomic E-state index is 0.0201. The fraction of sp³-hybridized carbons (Fsp3) is 0.600. The molecular formula is C20H29N4O3+. The van der Waals surface area contributed by atoms with Gasteiger partial charge in [0.1, 0.15) is 11.8 Å². The van der Waals surface area contributed by atoms with Crippen LogP contribution in [0.1, 0.15) is 19.3 Å². The van der Waals surface area contributed by atoms with Crippen molar-refractivity contribution < 1.29 is 19.2 Å². The summed E-state index contributed by atoms with van der Waals surface area (Å²) in [6, 6.07) is 7.86. The summed E-state index contributed by atoms with van der Waals surface area (Å²) < 4.78 is 5.48. The Kier molecular flexibility index (Phi) is 5.20. The van der Waals surface area contributed by atoms with E-state index in [1.54, 1.807) is 12.0 Å². The molecule has 0 spiro atoms. The summed E-state index contributed by atoms with van der Waals surface area (Å²) in [4.78, 5) is 32.2. The first-order valence-electron chi connectivity index (χ1n) is 10.0. The van der Waals surface area contributed by atoms with Crippen LogP contribution in [0.15, 0.2) is 24.3 Å². The SMILES string of the molecule is COc1ccccc1N1CC[NH+](CCN2C(=O)[C@H]3CCCCN3C2=O)CC1. The molecular weight excluding hydrogens is 344 g/mol. The number of carbonyl (C=O) groups excluding carboxylic acids is 2. The van der Waals surface area contributed by atoms with E-state index in [0.717, 1.165) is 70.0 Å². The predicted molar refractivity (Wildman–Crippen MR) is 102 cm³/mol. The molecule has 3 amide bonds. The maximum Gasteiger partial charge on any atom is 0.327 e. The van der Waals surface area contributed by atoms with E-state index in [2.05, 4.69) is 11.0 Å². The number of piperazine rings is 1. The van der Waals surface area contributed by atoms with E-state index in [1.165, 1.54) is 9.80 Å². The molecule has 0 aromatic heterocycles. The maximum atomic E-state index is 12.6. The van der Waals surface area contributed by atoms with Crippen LogP contribution in [0, 0.1) is 0 Å². The summed E-state index contributed by atoms with van der Waals surface area (Å²) in [5.41, 5.74) is 1.14. The van der Waals surface area contributed by atoms with E-state index in [-0.39, 0.29) is 18.0 Å². The van der Waals surface area contributed by atoms with Crippen molar-refractivity contribution in [1.82, 2.24) is 9.80 Å². The molecule has 1 atom stereocenters. The molecule has 1 aromatic rings. The number of nitrogens with one attached hydrogen (secondary N) is 1. The molecule has 3 fully saturated rings. The zero-order chi connectivity index (χ0) is 18.8. The van der Waals surface area contributed by atoms with Gasteiger partial charge in [0.25, 0.3) is 5.91 Å². The lowest BCUT2D eigenvalue weighted by Crippen LogP contribution is -3.15. The number of nitrogens with zero attached hydrogens (tertiary/aromatic N) is 3. The molecule has 3 saturated heterocycles. The minimum atomic E-state index is -0.191. The monoisotopic (exact) mass is 373 g/mol. The number of ether oxygens (including phenoxy) is 1. The number of hydrogen-bond donors (Lipinski definition) is 1. The number of fused-ring (bicyclic) bond motifs is 1. The topological polar surface area (TPSA) is 57.5 Å². The molecule has 27 heavy (non-hydrogen) atoms. The van der Waals surface area contributed by atoms with Crippen LogP contribution in [0.25, 0.3) is 0 Å². The Hall–Kier alpha value is -2.28. The Morgan fingerprint density at radius 1 is 1.11 bits per heavy atom. The number of carbonyl (C=O) groups is 2. The van der Waals surface area contributed by atoms with Crippen LogP contribution in [0.2, 0.25) is 0 Å². The number of benzene rings is 1. The van der Waals surface area contributed by atoms with E-state index in [0.29, 0.717) is 6.54 Å². The summed E-state index contributed by atoms with van der Waals surface area (Å²) in [5.74, 6) is 0.928. The lowest BCUT2D eigenvalue weighted by Gasteiger charge is -2.34. The Balaban J connectivity index is 1.30.